The highest BCUT2D eigenvalue weighted by Gasteiger charge is 2.15. The van der Waals surface area contributed by atoms with Crippen molar-refractivity contribution in [3.63, 3.8) is 0 Å². The fourth-order valence-electron chi connectivity index (χ4n) is 2.51. The van der Waals surface area contributed by atoms with Gasteiger partial charge in [-0.15, -0.1) is 0 Å². The van der Waals surface area contributed by atoms with Gasteiger partial charge in [-0.25, -0.2) is 0 Å². The Balaban J connectivity index is 1.92. The molecule has 4 heteroatoms. The highest BCUT2D eigenvalue weighted by molar-refractivity contribution is 5.36. The lowest BCUT2D eigenvalue weighted by Gasteiger charge is -2.23. The van der Waals surface area contributed by atoms with Gasteiger partial charge in [0.15, 0.2) is 0 Å². The van der Waals surface area contributed by atoms with Crippen LogP contribution in [0.5, 0.6) is 5.75 Å². The minimum Gasteiger partial charge on any atom is -0.496 e. The Hall–Kier alpha value is -1.10. The molecule has 1 aromatic carbocycles. The molecule has 0 spiro atoms. The molecule has 1 N–H and O–H groups in total. The van der Waals surface area contributed by atoms with E-state index in [0.717, 1.165) is 56.9 Å². The molecule has 1 aliphatic rings. The van der Waals surface area contributed by atoms with E-state index >= 15 is 0 Å². The van der Waals surface area contributed by atoms with Crippen molar-refractivity contribution in [1.29, 1.82) is 0 Å². The monoisotopic (exact) mass is 293 g/mol. The summed E-state index contributed by atoms with van der Waals surface area (Å²) in [6, 6.07) is 6.33. The zero-order chi connectivity index (χ0) is 14.9. The van der Waals surface area contributed by atoms with Crippen molar-refractivity contribution in [3.8, 4) is 5.75 Å². The van der Waals surface area contributed by atoms with E-state index in [1.54, 1.807) is 7.11 Å². The van der Waals surface area contributed by atoms with E-state index in [9.17, 15) is 0 Å². The lowest BCUT2D eigenvalue weighted by Crippen LogP contribution is -2.23. The zero-order valence-electron chi connectivity index (χ0n) is 13.2. The SMILES string of the molecule is CCCNCc1ccc(OC)c(COC2CCOCC2)c1. The zero-order valence-corrected chi connectivity index (χ0v) is 13.2. The van der Waals surface area contributed by atoms with Gasteiger partial charge in [0.25, 0.3) is 0 Å². The summed E-state index contributed by atoms with van der Waals surface area (Å²) in [5.41, 5.74) is 2.40. The van der Waals surface area contributed by atoms with E-state index < -0.39 is 0 Å². The minimum atomic E-state index is 0.310. The number of benzene rings is 1. The van der Waals surface area contributed by atoms with E-state index in [0.29, 0.717) is 12.7 Å². The quantitative estimate of drug-likeness (QED) is 0.748. The van der Waals surface area contributed by atoms with E-state index in [4.69, 9.17) is 14.2 Å². The summed E-state index contributed by atoms with van der Waals surface area (Å²) < 4.78 is 16.8. The maximum absolute atomic E-state index is 6.01. The van der Waals surface area contributed by atoms with Gasteiger partial charge >= 0.3 is 0 Å². The van der Waals surface area contributed by atoms with Crippen molar-refractivity contribution >= 4 is 0 Å². The maximum atomic E-state index is 6.01. The topological polar surface area (TPSA) is 39.7 Å². The smallest absolute Gasteiger partial charge is 0.124 e. The van der Waals surface area contributed by atoms with Crippen LogP contribution in [-0.4, -0.2) is 33.0 Å². The number of hydrogen-bond acceptors (Lipinski definition) is 4. The fourth-order valence-corrected chi connectivity index (χ4v) is 2.51. The standard InChI is InChI=1S/C17H27NO3/c1-3-8-18-12-14-4-5-17(19-2)15(11-14)13-21-16-6-9-20-10-7-16/h4-5,11,16,18H,3,6-10,12-13H2,1-2H3. The minimum absolute atomic E-state index is 0.310. The average Bonchev–Trinajstić information content (AvgIpc) is 2.54. The van der Waals surface area contributed by atoms with Gasteiger partial charge in [-0.05, 0) is 43.5 Å². The Labute approximate surface area is 127 Å². The molecule has 1 fully saturated rings. The fraction of sp³-hybridized carbons (Fsp3) is 0.647. The first-order valence-electron chi connectivity index (χ1n) is 7.89. The van der Waals surface area contributed by atoms with Gasteiger partial charge in [0.05, 0.1) is 19.8 Å². The summed E-state index contributed by atoms with van der Waals surface area (Å²) in [4.78, 5) is 0. The van der Waals surface area contributed by atoms with E-state index in [2.05, 4.69) is 24.4 Å². The molecule has 2 rings (SSSR count). The molecule has 1 aromatic rings. The van der Waals surface area contributed by atoms with Gasteiger partial charge in [0.1, 0.15) is 5.75 Å². The normalized spacial score (nSPS) is 16.1. The lowest BCUT2D eigenvalue weighted by atomic mass is 10.1. The first-order valence-corrected chi connectivity index (χ1v) is 7.89. The Morgan fingerprint density at radius 3 is 2.81 bits per heavy atom. The van der Waals surface area contributed by atoms with Crippen LogP contribution in [0, 0.1) is 0 Å². The summed E-state index contributed by atoms with van der Waals surface area (Å²) in [6.07, 6.45) is 3.43. The molecule has 0 radical (unpaired) electrons. The maximum Gasteiger partial charge on any atom is 0.124 e. The molecule has 1 heterocycles. The van der Waals surface area contributed by atoms with Crippen LogP contribution in [0.25, 0.3) is 0 Å². The Morgan fingerprint density at radius 1 is 1.29 bits per heavy atom. The highest BCUT2D eigenvalue weighted by atomic mass is 16.5. The summed E-state index contributed by atoms with van der Waals surface area (Å²) in [5.74, 6) is 0.904. The third-order valence-electron chi connectivity index (χ3n) is 3.74. The highest BCUT2D eigenvalue weighted by Crippen LogP contribution is 2.22. The van der Waals surface area contributed by atoms with Crippen molar-refractivity contribution in [3.05, 3.63) is 29.3 Å². The first kappa shape index (κ1) is 16.3. The van der Waals surface area contributed by atoms with Crippen LogP contribution in [0.1, 0.15) is 37.3 Å². The summed E-state index contributed by atoms with van der Waals surface area (Å²) >= 11 is 0. The lowest BCUT2D eigenvalue weighted by molar-refractivity contribution is -0.0394. The van der Waals surface area contributed by atoms with Crippen molar-refractivity contribution in [2.75, 3.05) is 26.9 Å². The molecule has 0 amide bonds. The number of ether oxygens (including phenoxy) is 3. The molecule has 0 saturated carbocycles. The predicted octanol–water partition coefficient (Wildman–Crippen LogP) is 2.89. The molecule has 0 aliphatic carbocycles. The van der Waals surface area contributed by atoms with Gasteiger partial charge in [-0.1, -0.05) is 13.0 Å². The van der Waals surface area contributed by atoms with Crippen LogP contribution in [0.4, 0.5) is 0 Å². The van der Waals surface area contributed by atoms with Crippen molar-refractivity contribution in [2.24, 2.45) is 0 Å². The number of methoxy groups -OCH3 is 1. The molecule has 0 bridgehead atoms. The summed E-state index contributed by atoms with van der Waals surface area (Å²) in [6.45, 7) is 6.33. The van der Waals surface area contributed by atoms with Gasteiger partial charge < -0.3 is 19.5 Å². The summed E-state index contributed by atoms with van der Waals surface area (Å²) in [7, 11) is 1.71. The second-order valence-corrected chi connectivity index (χ2v) is 5.45. The molecule has 118 valence electrons. The summed E-state index contributed by atoms with van der Waals surface area (Å²) in [5, 5.41) is 3.42. The van der Waals surface area contributed by atoms with Gasteiger partial charge in [-0.3, -0.25) is 0 Å². The molecule has 4 nitrogen and oxygen atoms in total. The van der Waals surface area contributed by atoms with Crippen molar-refractivity contribution in [1.82, 2.24) is 5.32 Å². The van der Waals surface area contributed by atoms with Gasteiger partial charge in [0.2, 0.25) is 0 Å². The molecular weight excluding hydrogens is 266 g/mol. The first-order chi connectivity index (χ1) is 10.3. The van der Waals surface area contributed by atoms with Crippen LogP contribution in [0.2, 0.25) is 0 Å². The number of nitrogens with one attached hydrogen (secondary N) is 1. The third-order valence-corrected chi connectivity index (χ3v) is 3.74. The van der Waals surface area contributed by atoms with Crippen molar-refractivity contribution in [2.45, 2.75) is 45.4 Å². The number of hydrogen-bond donors (Lipinski definition) is 1. The Kier molecular flexibility index (Phi) is 7.00. The predicted molar refractivity (Wildman–Crippen MR) is 83.6 cm³/mol. The van der Waals surface area contributed by atoms with E-state index in [1.165, 1.54) is 5.56 Å². The third kappa shape index (κ3) is 5.30. The van der Waals surface area contributed by atoms with Crippen LogP contribution in [0.15, 0.2) is 18.2 Å². The average molecular weight is 293 g/mol. The second-order valence-electron chi connectivity index (χ2n) is 5.45. The van der Waals surface area contributed by atoms with Crippen molar-refractivity contribution < 1.29 is 14.2 Å². The second kappa shape index (κ2) is 9.03. The molecule has 0 unspecified atom stereocenters. The molecule has 0 aromatic heterocycles. The van der Waals surface area contributed by atoms with E-state index in [-0.39, 0.29) is 0 Å². The largest absolute Gasteiger partial charge is 0.496 e. The molecular formula is C17H27NO3. The Bertz CT molecular complexity index is 416. The van der Waals surface area contributed by atoms with Gasteiger partial charge in [0, 0.05) is 25.3 Å². The Morgan fingerprint density at radius 2 is 2.10 bits per heavy atom. The van der Waals surface area contributed by atoms with Crippen LogP contribution in [-0.2, 0) is 22.6 Å². The molecule has 21 heavy (non-hydrogen) atoms. The molecule has 1 aliphatic heterocycles. The van der Waals surface area contributed by atoms with Crippen LogP contribution >= 0.6 is 0 Å². The molecule has 1 saturated heterocycles. The van der Waals surface area contributed by atoms with Crippen LogP contribution < -0.4 is 10.1 Å². The van der Waals surface area contributed by atoms with Gasteiger partial charge in [-0.2, -0.15) is 0 Å². The number of rotatable bonds is 8. The van der Waals surface area contributed by atoms with E-state index in [1.807, 2.05) is 6.07 Å². The van der Waals surface area contributed by atoms with Crippen LogP contribution in [0.3, 0.4) is 0 Å². The molecule has 0 atom stereocenters.